The number of nitrogens with two attached hydrogens (primary N) is 1. The molecule has 88 valence electrons. The Morgan fingerprint density at radius 1 is 1.31 bits per heavy atom. The number of piperidine rings is 1. The van der Waals surface area contributed by atoms with E-state index in [1.54, 1.807) is 0 Å². The van der Waals surface area contributed by atoms with Gasteiger partial charge in [0.05, 0.1) is 0 Å². The van der Waals surface area contributed by atoms with E-state index in [9.17, 15) is 0 Å². The van der Waals surface area contributed by atoms with Crippen LogP contribution in [0.4, 0.5) is 0 Å². The third-order valence-electron chi connectivity index (χ3n) is 3.51. The first-order valence-corrected chi connectivity index (χ1v) is 6.36. The highest BCUT2D eigenvalue weighted by Crippen LogP contribution is 2.33. The van der Waals surface area contributed by atoms with Crippen LogP contribution >= 0.6 is 11.6 Å². The fraction of sp³-hybridized carbons (Fsp3) is 0.538. The van der Waals surface area contributed by atoms with E-state index in [2.05, 4.69) is 11.4 Å². The molecule has 0 aromatic heterocycles. The molecular weight excluding hydrogens is 220 g/mol. The van der Waals surface area contributed by atoms with Crippen LogP contribution in [-0.4, -0.2) is 19.6 Å². The van der Waals surface area contributed by atoms with Gasteiger partial charge < -0.3 is 11.1 Å². The predicted octanol–water partition coefficient (Wildman–Crippen LogP) is 2.38. The van der Waals surface area contributed by atoms with Crippen molar-refractivity contribution in [2.75, 3.05) is 19.6 Å². The van der Waals surface area contributed by atoms with E-state index in [1.807, 2.05) is 18.2 Å². The van der Waals surface area contributed by atoms with Gasteiger partial charge in [0.15, 0.2) is 0 Å². The van der Waals surface area contributed by atoms with Crippen molar-refractivity contribution in [3.63, 3.8) is 0 Å². The number of hydrogen-bond acceptors (Lipinski definition) is 2. The standard InChI is InChI=1S/C13H19ClN2/c14-13-4-2-1-3-11(13)12(9-15)10-5-7-16-8-6-10/h1-4,10,12,16H,5-9,15H2. The van der Waals surface area contributed by atoms with Gasteiger partial charge in [-0.1, -0.05) is 29.8 Å². The predicted molar refractivity (Wildman–Crippen MR) is 68.8 cm³/mol. The number of benzene rings is 1. The Morgan fingerprint density at radius 3 is 2.62 bits per heavy atom. The van der Waals surface area contributed by atoms with Crippen molar-refractivity contribution >= 4 is 11.6 Å². The molecular formula is C13H19ClN2. The maximum absolute atomic E-state index is 6.25. The SMILES string of the molecule is NCC(c1ccccc1Cl)C1CCNCC1. The van der Waals surface area contributed by atoms with Gasteiger partial charge in [-0.15, -0.1) is 0 Å². The lowest BCUT2D eigenvalue weighted by molar-refractivity contribution is 0.321. The number of halogens is 1. The normalized spacial score (nSPS) is 19.6. The lowest BCUT2D eigenvalue weighted by Gasteiger charge is -2.30. The van der Waals surface area contributed by atoms with Crippen LogP contribution in [0.15, 0.2) is 24.3 Å². The molecule has 1 fully saturated rings. The molecule has 0 amide bonds. The molecule has 1 aromatic rings. The largest absolute Gasteiger partial charge is 0.330 e. The summed E-state index contributed by atoms with van der Waals surface area (Å²) in [4.78, 5) is 0. The molecule has 0 saturated carbocycles. The van der Waals surface area contributed by atoms with Gasteiger partial charge in [0, 0.05) is 10.9 Å². The summed E-state index contributed by atoms with van der Waals surface area (Å²) in [5.41, 5.74) is 7.15. The van der Waals surface area contributed by atoms with E-state index in [0.717, 1.165) is 18.1 Å². The molecule has 2 nitrogen and oxygen atoms in total. The summed E-state index contributed by atoms with van der Waals surface area (Å²) in [5, 5.41) is 4.24. The van der Waals surface area contributed by atoms with E-state index in [4.69, 9.17) is 17.3 Å². The molecule has 0 spiro atoms. The lowest BCUT2D eigenvalue weighted by Crippen LogP contribution is -2.33. The van der Waals surface area contributed by atoms with E-state index in [1.165, 1.54) is 18.4 Å². The van der Waals surface area contributed by atoms with Gasteiger partial charge >= 0.3 is 0 Å². The molecule has 1 aromatic carbocycles. The molecule has 0 aliphatic carbocycles. The molecule has 1 unspecified atom stereocenters. The molecule has 3 N–H and O–H groups in total. The molecule has 1 saturated heterocycles. The van der Waals surface area contributed by atoms with Gasteiger partial charge in [-0.25, -0.2) is 0 Å². The molecule has 1 aliphatic heterocycles. The Labute approximate surface area is 102 Å². The first-order valence-electron chi connectivity index (χ1n) is 5.98. The van der Waals surface area contributed by atoms with Crippen LogP contribution in [0.1, 0.15) is 24.3 Å². The monoisotopic (exact) mass is 238 g/mol. The number of hydrogen-bond donors (Lipinski definition) is 2. The summed E-state index contributed by atoms with van der Waals surface area (Å²) in [6.45, 7) is 2.89. The van der Waals surface area contributed by atoms with Crippen LogP contribution in [0.3, 0.4) is 0 Å². The zero-order chi connectivity index (χ0) is 11.4. The minimum absolute atomic E-state index is 0.413. The van der Waals surface area contributed by atoms with Crippen molar-refractivity contribution in [1.29, 1.82) is 0 Å². The van der Waals surface area contributed by atoms with Crippen LogP contribution < -0.4 is 11.1 Å². The minimum atomic E-state index is 0.413. The quantitative estimate of drug-likeness (QED) is 0.849. The second-order valence-corrected chi connectivity index (χ2v) is 4.86. The highest BCUT2D eigenvalue weighted by atomic mass is 35.5. The molecule has 1 aliphatic rings. The fourth-order valence-electron chi connectivity index (χ4n) is 2.60. The Bertz CT molecular complexity index is 334. The highest BCUT2D eigenvalue weighted by molar-refractivity contribution is 6.31. The molecule has 3 heteroatoms. The fourth-order valence-corrected chi connectivity index (χ4v) is 2.87. The second-order valence-electron chi connectivity index (χ2n) is 4.45. The van der Waals surface area contributed by atoms with Crippen LogP contribution in [0.25, 0.3) is 0 Å². The average Bonchev–Trinajstić information content (AvgIpc) is 2.34. The summed E-state index contributed by atoms with van der Waals surface area (Å²) in [7, 11) is 0. The first kappa shape index (κ1) is 11.9. The van der Waals surface area contributed by atoms with Gasteiger partial charge in [-0.2, -0.15) is 0 Å². The van der Waals surface area contributed by atoms with E-state index in [0.29, 0.717) is 18.4 Å². The third-order valence-corrected chi connectivity index (χ3v) is 3.86. The van der Waals surface area contributed by atoms with Crippen LogP contribution in [0.2, 0.25) is 5.02 Å². The molecule has 1 atom stereocenters. The average molecular weight is 239 g/mol. The summed E-state index contributed by atoms with van der Waals surface area (Å²) < 4.78 is 0. The van der Waals surface area contributed by atoms with Crippen molar-refractivity contribution in [2.24, 2.45) is 11.7 Å². The smallest absolute Gasteiger partial charge is 0.0441 e. The maximum Gasteiger partial charge on any atom is 0.0441 e. The van der Waals surface area contributed by atoms with Gasteiger partial charge in [0.1, 0.15) is 0 Å². The van der Waals surface area contributed by atoms with Crippen molar-refractivity contribution in [2.45, 2.75) is 18.8 Å². The van der Waals surface area contributed by atoms with Crippen molar-refractivity contribution in [3.05, 3.63) is 34.9 Å². The Balaban J connectivity index is 2.18. The number of rotatable bonds is 3. The summed E-state index contributed by atoms with van der Waals surface area (Å²) in [6, 6.07) is 8.09. The molecule has 1 heterocycles. The van der Waals surface area contributed by atoms with Gasteiger partial charge in [0.2, 0.25) is 0 Å². The zero-order valence-electron chi connectivity index (χ0n) is 9.45. The van der Waals surface area contributed by atoms with E-state index < -0.39 is 0 Å². The van der Waals surface area contributed by atoms with Crippen LogP contribution in [0, 0.1) is 5.92 Å². The van der Waals surface area contributed by atoms with Gasteiger partial charge in [-0.3, -0.25) is 0 Å². The lowest BCUT2D eigenvalue weighted by atomic mass is 9.80. The topological polar surface area (TPSA) is 38.0 Å². The van der Waals surface area contributed by atoms with E-state index >= 15 is 0 Å². The van der Waals surface area contributed by atoms with Crippen LogP contribution in [0.5, 0.6) is 0 Å². The summed E-state index contributed by atoms with van der Waals surface area (Å²) >= 11 is 6.25. The molecule has 16 heavy (non-hydrogen) atoms. The molecule has 0 bridgehead atoms. The van der Waals surface area contributed by atoms with Gasteiger partial charge in [0.25, 0.3) is 0 Å². The van der Waals surface area contributed by atoms with E-state index in [-0.39, 0.29) is 0 Å². The highest BCUT2D eigenvalue weighted by Gasteiger charge is 2.24. The van der Waals surface area contributed by atoms with Crippen molar-refractivity contribution < 1.29 is 0 Å². The van der Waals surface area contributed by atoms with Crippen molar-refractivity contribution in [3.8, 4) is 0 Å². The molecule has 2 rings (SSSR count). The number of nitrogens with one attached hydrogen (secondary N) is 1. The first-order chi connectivity index (χ1) is 7.83. The van der Waals surface area contributed by atoms with Crippen LogP contribution in [-0.2, 0) is 0 Å². The van der Waals surface area contributed by atoms with Crippen molar-refractivity contribution in [1.82, 2.24) is 5.32 Å². The summed E-state index contributed by atoms with van der Waals surface area (Å²) in [5.74, 6) is 1.09. The zero-order valence-corrected chi connectivity index (χ0v) is 10.2. The van der Waals surface area contributed by atoms with Gasteiger partial charge in [-0.05, 0) is 50.0 Å². The minimum Gasteiger partial charge on any atom is -0.330 e. The maximum atomic E-state index is 6.25. The third kappa shape index (κ3) is 2.57. The Hall–Kier alpha value is -0.570. The second kappa shape index (κ2) is 5.67. The Morgan fingerprint density at radius 2 is 2.00 bits per heavy atom. The Kier molecular flexibility index (Phi) is 4.22. The molecule has 0 radical (unpaired) electrons. The summed E-state index contributed by atoms with van der Waals surface area (Å²) in [6.07, 6.45) is 2.40.